The molecule has 0 aliphatic carbocycles. The van der Waals surface area contributed by atoms with Crippen molar-refractivity contribution in [3.63, 3.8) is 0 Å². The molecule has 0 unspecified atom stereocenters. The molecule has 0 spiro atoms. The Balaban J connectivity index is 2.64. The molecule has 0 atom stereocenters. The van der Waals surface area contributed by atoms with Gasteiger partial charge in [0.15, 0.2) is 0 Å². The van der Waals surface area contributed by atoms with Crippen LogP contribution in [-0.4, -0.2) is 11.6 Å². The minimum Gasteiger partial charge on any atom is -0.384 e. The lowest BCUT2D eigenvalue weighted by Gasteiger charge is -2.01. The van der Waals surface area contributed by atoms with E-state index in [1.807, 2.05) is 36.0 Å². The molecule has 1 rings (SSSR count). The van der Waals surface area contributed by atoms with Gasteiger partial charge in [-0.25, -0.2) is 0 Å². The number of amidine groups is 1. The van der Waals surface area contributed by atoms with Crippen LogP contribution in [0.25, 0.3) is 0 Å². The van der Waals surface area contributed by atoms with Crippen LogP contribution in [-0.2, 0) is 5.75 Å². The Hall–Kier alpha value is -0.960. The summed E-state index contributed by atoms with van der Waals surface area (Å²) in [5.74, 6) is 2.30. The highest BCUT2D eigenvalue weighted by Gasteiger charge is 1.96. The molecule has 1 aromatic rings. The van der Waals surface area contributed by atoms with Crippen LogP contribution in [0.1, 0.15) is 18.1 Å². The quantitative estimate of drug-likeness (QED) is 0.570. The van der Waals surface area contributed by atoms with Gasteiger partial charge in [-0.15, -0.1) is 0 Å². The average molecular weight is 194 g/mol. The van der Waals surface area contributed by atoms with E-state index in [9.17, 15) is 0 Å². The summed E-state index contributed by atoms with van der Waals surface area (Å²) in [6, 6.07) is 7.85. The van der Waals surface area contributed by atoms with Gasteiger partial charge in [0.1, 0.15) is 5.84 Å². The minimum absolute atomic E-state index is 0.134. The Morgan fingerprint density at radius 2 is 2.00 bits per heavy atom. The van der Waals surface area contributed by atoms with Crippen LogP contribution >= 0.6 is 11.8 Å². The molecule has 70 valence electrons. The number of hydrogen-bond acceptors (Lipinski definition) is 2. The van der Waals surface area contributed by atoms with Gasteiger partial charge in [0.2, 0.25) is 0 Å². The van der Waals surface area contributed by atoms with Gasteiger partial charge in [-0.2, -0.15) is 11.8 Å². The molecule has 0 radical (unpaired) electrons. The molecule has 1 aromatic carbocycles. The van der Waals surface area contributed by atoms with Gasteiger partial charge in [0, 0.05) is 11.3 Å². The van der Waals surface area contributed by atoms with E-state index in [0.29, 0.717) is 0 Å². The fourth-order valence-electron chi connectivity index (χ4n) is 1.00. The molecule has 2 nitrogen and oxygen atoms in total. The summed E-state index contributed by atoms with van der Waals surface area (Å²) >= 11 is 1.89. The summed E-state index contributed by atoms with van der Waals surface area (Å²) in [6.07, 6.45) is 0. The van der Waals surface area contributed by atoms with Gasteiger partial charge in [0.25, 0.3) is 0 Å². The van der Waals surface area contributed by atoms with Crippen molar-refractivity contribution in [1.29, 1.82) is 5.41 Å². The number of nitrogens with two attached hydrogens (primary N) is 1. The maximum Gasteiger partial charge on any atom is 0.122 e. The number of nitrogens with one attached hydrogen (secondary N) is 1. The maximum atomic E-state index is 7.22. The molecule has 0 bridgehead atoms. The molecule has 3 N–H and O–H groups in total. The topological polar surface area (TPSA) is 49.9 Å². The first-order chi connectivity index (χ1) is 6.24. The Kier molecular flexibility index (Phi) is 3.83. The van der Waals surface area contributed by atoms with Crippen LogP contribution in [0.4, 0.5) is 0 Å². The predicted octanol–water partition coefficient (Wildman–Crippen LogP) is 2.22. The Labute approximate surface area is 83.0 Å². The van der Waals surface area contributed by atoms with Crippen molar-refractivity contribution in [3.05, 3.63) is 35.4 Å². The molecule has 3 heteroatoms. The first kappa shape index (κ1) is 10.1. The van der Waals surface area contributed by atoms with Gasteiger partial charge >= 0.3 is 0 Å². The zero-order valence-corrected chi connectivity index (χ0v) is 8.53. The average Bonchev–Trinajstić information content (AvgIpc) is 2.15. The lowest BCUT2D eigenvalue weighted by molar-refractivity contribution is 1.37. The summed E-state index contributed by atoms with van der Waals surface area (Å²) in [4.78, 5) is 0. The molecular formula is C10H14N2S. The van der Waals surface area contributed by atoms with E-state index in [0.717, 1.165) is 17.1 Å². The van der Waals surface area contributed by atoms with Gasteiger partial charge in [-0.3, -0.25) is 5.41 Å². The number of benzene rings is 1. The highest BCUT2D eigenvalue weighted by Crippen LogP contribution is 2.12. The van der Waals surface area contributed by atoms with Gasteiger partial charge in [-0.05, 0) is 11.3 Å². The largest absolute Gasteiger partial charge is 0.384 e. The number of hydrogen-bond donors (Lipinski definition) is 2. The van der Waals surface area contributed by atoms with E-state index >= 15 is 0 Å². The van der Waals surface area contributed by atoms with Crippen molar-refractivity contribution < 1.29 is 0 Å². The number of thioether (sulfide) groups is 1. The van der Waals surface area contributed by atoms with Crippen molar-refractivity contribution in [2.75, 3.05) is 5.75 Å². The predicted molar refractivity (Wildman–Crippen MR) is 59.3 cm³/mol. The van der Waals surface area contributed by atoms with Crippen LogP contribution in [0.5, 0.6) is 0 Å². The van der Waals surface area contributed by atoms with E-state index in [1.54, 1.807) is 0 Å². The summed E-state index contributed by atoms with van der Waals surface area (Å²) in [7, 11) is 0. The summed E-state index contributed by atoms with van der Waals surface area (Å²) in [5.41, 5.74) is 7.43. The lowest BCUT2D eigenvalue weighted by Crippen LogP contribution is -2.10. The first-order valence-electron chi connectivity index (χ1n) is 4.25. The van der Waals surface area contributed by atoms with Crippen molar-refractivity contribution in [1.82, 2.24) is 0 Å². The Morgan fingerprint density at radius 3 is 2.46 bits per heavy atom. The van der Waals surface area contributed by atoms with Crippen LogP contribution in [0.15, 0.2) is 24.3 Å². The van der Waals surface area contributed by atoms with E-state index < -0.39 is 0 Å². The fraction of sp³-hybridized carbons (Fsp3) is 0.300. The van der Waals surface area contributed by atoms with Gasteiger partial charge in [-0.1, -0.05) is 31.2 Å². The summed E-state index contributed by atoms with van der Waals surface area (Å²) in [5, 5.41) is 7.22. The molecule has 0 heterocycles. The third kappa shape index (κ3) is 3.11. The second-order valence-electron chi connectivity index (χ2n) is 2.75. The van der Waals surface area contributed by atoms with E-state index in [1.165, 1.54) is 5.56 Å². The van der Waals surface area contributed by atoms with Crippen LogP contribution in [0.2, 0.25) is 0 Å². The highest BCUT2D eigenvalue weighted by molar-refractivity contribution is 7.98. The maximum absolute atomic E-state index is 7.22. The number of nitrogen functional groups attached to an aromatic ring is 1. The fourth-order valence-corrected chi connectivity index (χ4v) is 1.63. The normalized spacial score (nSPS) is 9.92. The third-order valence-electron chi connectivity index (χ3n) is 1.74. The van der Waals surface area contributed by atoms with E-state index in [2.05, 4.69) is 6.92 Å². The molecule has 0 aliphatic heterocycles. The zero-order chi connectivity index (χ0) is 9.68. The van der Waals surface area contributed by atoms with Crippen molar-refractivity contribution in [2.24, 2.45) is 5.73 Å². The minimum atomic E-state index is 0.134. The van der Waals surface area contributed by atoms with Crippen molar-refractivity contribution in [2.45, 2.75) is 12.7 Å². The smallest absolute Gasteiger partial charge is 0.122 e. The van der Waals surface area contributed by atoms with Gasteiger partial charge in [0.05, 0.1) is 0 Å². The molecule has 0 saturated carbocycles. The molecule has 0 saturated heterocycles. The molecule has 0 fully saturated rings. The molecular weight excluding hydrogens is 180 g/mol. The summed E-state index contributed by atoms with van der Waals surface area (Å²) in [6.45, 7) is 2.15. The zero-order valence-electron chi connectivity index (χ0n) is 7.71. The standard InChI is InChI=1S/C10H14N2S/c1-2-13-7-8-3-5-9(6-4-8)10(11)12/h3-6H,2,7H2,1H3,(H3,11,12). The molecule has 0 amide bonds. The van der Waals surface area contributed by atoms with Gasteiger partial charge < -0.3 is 5.73 Å². The Morgan fingerprint density at radius 1 is 1.38 bits per heavy atom. The second kappa shape index (κ2) is 4.92. The second-order valence-corrected chi connectivity index (χ2v) is 4.02. The number of rotatable bonds is 4. The van der Waals surface area contributed by atoms with Crippen LogP contribution < -0.4 is 5.73 Å². The SMILES string of the molecule is CCSCc1ccc(C(=N)N)cc1. The Bertz CT molecular complexity index is 279. The molecule has 13 heavy (non-hydrogen) atoms. The third-order valence-corrected chi connectivity index (χ3v) is 2.68. The van der Waals surface area contributed by atoms with Crippen molar-refractivity contribution >= 4 is 17.6 Å². The molecule has 0 aliphatic rings. The van der Waals surface area contributed by atoms with Crippen LogP contribution in [0, 0.1) is 5.41 Å². The van der Waals surface area contributed by atoms with Crippen molar-refractivity contribution in [3.8, 4) is 0 Å². The summed E-state index contributed by atoms with van der Waals surface area (Å²) < 4.78 is 0. The molecule has 0 aromatic heterocycles. The van der Waals surface area contributed by atoms with E-state index in [4.69, 9.17) is 11.1 Å². The van der Waals surface area contributed by atoms with Crippen LogP contribution in [0.3, 0.4) is 0 Å². The first-order valence-corrected chi connectivity index (χ1v) is 5.40. The highest BCUT2D eigenvalue weighted by atomic mass is 32.2. The van der Waals surface area contributed by atoms with E-state index in [-0.39, 0.29) is 5.84 Å². The lowest BCUT2D eigenvalue weighted by atomic mass is 10.1. The monoisotopic (exact) mass is 194 g/mol.